The van der Waals surface area contributed by atoms with E-state index in [0.717, 1.165) is 11.2 Å². The lowest BCUT2D eigenvalue weighted by molar-refractivity contribution is -0.137. The van der Waals surface area contributed by atoms with Crippen molar-refractivity contribution < 1.29 is 46.2 Å². The van der Waals surface area contributed by atoms with E-state index in [-0.39, 0.29) is 53.9 Å². The maximum Gasteiger partial charge on any atom is 0.410 e. The van der Waals surface area contributed by atoms with Gasteiger partial charge in [-0.3, -0.25) is 28.9 Å². The quantitative estimate of drug-likeness (QED) is 0.154. The van der Waals surface area contributed by atoms with Gasteiger partial charge >= 0.3 is 6.09 Å². The van der Waals surface area contributed by atoms with Gasteiger partial charge in [0, 0.05) is 54.4 Å². The van der Waals surface area contributed by atoms with E-state index in [1.54, 1.807) is 24.3 Å². The lowest BCUT2D eigenvalue weighted by Gasteiger charge is -2.21. The van der Waals surface area contributed by atoms with Crippen molar-refractivity contribution in [2.75, 3.05) is 43.5 Å². The number of sulfone groups is 1. The first-order valence-corrected chi connectivity index (χ1v) is 17.9. The molecule has 1 aromatic carbocycles. The van der Waals surface area contributed by atoms with E-state index in [1.807, 2.05) is 6.92 Å². The molecule has 6 amide bonds. The highest BCUT2D eigenvalue weighted by Crippen LogP contribution is 2.12. The maximum atomic E-state index is 12.5. The molecular weight excluding hydrogens is 630 g/mol. The van der Waals surface area contributed by atoms with Crippen LogP contribution in [0.5, 0.6) is 0 Å². The summed E-state index contributed by atoms with van der Waals surface area (Å²) >= 11 is 0. The van der Waals surface area contributed by atoms with Gasteiger partial charge in [0.15, 0.2) is 0 Å². The van der Waals surface area contributed by atoms with Crippen LogP contribution in [0.4, 0.5) is 10.5 Å². The van der Waals surface area contributed by atoms with Crippen LogP contribution in [-0.4, -0.2) is 98.1 Å². The lowest BCUT2D eigenvalue weighted by Crippen LogP contribution is -2.45. The summed E-state index contributed by atoms with van der Waals surface area (Å²) < 4.78 is 28.2. The van der Waals surface area contributed by atoms with Crippen LogP contribution in [0.15, 0.2) is 36.4 Å². The van der Waals surface area contributed by atoms with Gasteiger partial charge in [-0.15, -0.1) is 0 Å². The molecule has 0 spiro atoms. The summed E-state index contributed by atoms with van der Waals surface area (Å²) in [5, 5.41) is 7.69. The SMILES string of the molecule is CCC.CCCN(CCS(C)(=O)=O)C(=O)OCc1ccc(NC(=O)[C@H](C)NC(=O)CNC(=O)CCCCCN2C(=O)C=CC2=O)cc1.[HH].[HH].[HH]. The van der Waals surface area contributed by atoms with Crippen LogP contribution in [0.25, 0.3) is 0 Å². The van der Waals surface area contributed by atoms with Crippen LogP contribution in [0.3, 0.4) is 0 Å². The number of carbonyl (C=O) groups is 6. The first-order valence-electron chi connectivity index (χ1n) is 15.8. The molecule has 0 radical (unpaired) electrons. The van der Waals surface area contributed by atoms with Gasteiger partial charge in [0.25, 0.3) is 11.8 Å². The number of hydrogen-bond acceptors (Lipinski definition) is 9. The topological polar surface area (TPSA) is 188 Å². The minimum absolute atomic E-state index is 0. The molecule has 0 saturated heterocycles. The smallest absolute Gasteiger partial charge is 0.410 e. The Morgan fingerprint density at radius 2 is 1.55 bits per heavy atom. The van der Waals surface area contributed by atoms with Gasteiger partial charge in [-0.25, -0.2) is 13.2 Å². The van der Waals surface area contributed by atoms with E-state index in [2.05, 4.69) is 29.8 Å². The van der Waals surface area contributed by atoms with E-state index in [0.29, 0.717) is 50.0 Å². The molecule has 0 bridgehead atoms. The number of amides is 6. The summed E-state index contributed by atoms with van der Waals surface area (Å²) in [4.78, 5) is 74.6. The largest absolute Gasteiger partial charge is 0.445 e. The number of imide groups is 1. The summed E-state index contributed by atoms with van der Waals surface area (Å²) in [6.07, 6.45) is 6.75. The number of nitrogens with one attached hydrogen (secondary N) is 3. The summed E-state index contributed by atoms with van der Waals surface area (Å²) in [5.74, 6) is -2.17. The van der Waals surface area contributed by atoms with E-state index >= 15 is 0 Å². The van der Waals surface area contributed by atoms with Crippen LogP contribution < -0.4 is 16.0 Å². The third-order valence-corrected chi connectivity index (χ3v) is 7.39. The molecule has 1 aliphatic heterocycles. The average Bonchev–Trinajstić information content (AvgIpc) is 3.33. The predicted molar refractivity (Wildman–Crippen MR) is 184 cm³/mol. The maximum absolute atomic E-state index is 12.5. The Balaban J connectivity index is -0.00000354. The zero-order valence-electron chi connectivity index (χ0n) is 28.0. The van der Waals surface area contributed by atoms with Gasteiger partial charge in [-0.2, -0.15) is 0 Å². The molecule has 1 heterocycles. The lowest BCUT2D eigenvalue weighted by atomic mass is 10.2. The number of hydrogen-bond donors (Lipinski definition) is 3. The predicted octanol–water partition coefficient (Wildman–Crippen LogP) is 3.28. The fourth-order valence-corrected chi connectivity index (χ4v) is 4.57. The standard InChI is InChI=1S/C29H41N5O9S.C3H8.3H2/c1-4-15-33(17-18-44(3,41)42)29(40)43-20-22-9-11-23(12-10-22)32-28(39)21(2)31-25(36)19-30-24(35)8-6-5-7-16-34-26(37)13-14-27(34)38;1-3-2;;;/h9-14,21H,4-8,15-20H2,1-3H3,(H,30,35)(H,31,36)(H,32,39);3H2,1-2H3;3*1H/t21-;;;;/m0..../s1. The number of benzene rings is 1. The molecule has 47 heavy (non-hydrogen) atoms. The highest BCUT2D eigenvalue weighted by molar-refractivity contribution is 7.90. The van der Waals surface area contributed by atoms with Gasteiger partial charge in [0.2, 0.25) is 17.7 Å². The number of rotatable bonds is 18. The molecule has 0 unspecified atom stereocenters. The number of carbonyl (C=O) groups excluding carboxylic acids is 6. The van der Waals surface area contributed by atoms with Crippen molar-refractivity contribution >= 4 is 51.2 Å². The van der Waals surface area contributed by atoms with Crippen LogP contribution in [0.2, 0.25) is 0 Å². The molecule has 0 aromatic heterocycles. The van der Waals surface area contributed by atoms with Crippen molar-refractivity contribution in [3.05, 3.63) is 42.0 Å². The Hall–Kier alpha value is -4.27. The van der Waals surface area contributed by atoms with Crippen molar-refractivity contribution in [3.8, 4) is 0 Å². The van der Waals surface area contributed by atoms with Gasteiger partial charge in [-0.1, -0.05) is 45.7 Å². The Morgan fingerprint density at radius 3 is 2.13 bits per heavy atom. The minimum atomic E-state index is -3.22. The molecule has 1 atom stereocenters. The van der Waals surface area contributed by atoms with E-state index < -0.39 is 33.8 Å². The zero-order chi connectivity index (χ0) is 35.4. The van der Waals surface area contributed by atoms with Crippen molar-refractivity contribution in [2.45, 2.75) is 78.9 Å². The first-order chi connectivity index (χ1) is 22.2. The third kappa shape index (κ3) is 17.3. The van der Waals surface area contributed by atoms with Crippen molar-refractivity contribution in [3.63, 3.8) is 0 Å². The second-order valence-electron chi connectivity index (χ2n) is 11.1. The van der Waals surface area contributed by atoms with Crippen LogP contribution in [0.1, 0.15) is 76.1 Å². The minimum Gasteiger partial charge on any atom is -0.445 e. The molecule has 14 nitrogen and oxygen atoms in total. The highest BCUT2D eigenvalue weighted by Gasteiger charge is 2.22. The summed E-state index contributed by atoms with van der Waals surface area (Å²) in [7, 11) is -3.22. The fourth-order valence-electron chi connectivity index (χ4n) is 4.02. The Morgan fingerprint density at radius 1 is 0.936 bits per heavy atom. The van der Waals surface area contributed by atoms with E-state index in [1.165, 1.54) is 30.4 Å². The molecule has 2 rings (SSSR count). The van der Waals surface area contributed by atoms with Crippen molar-refractivity contribution in [2.24, 2.45) is 0 Å². The molecule has 268 valence electrons. The monoisotopic (exact) mass is 685 g/mol. The number of unbranched alkanes of at least 4 members (excludes halogenated alkanes) is 2. The van der Waals surface area contributed by atoms with Crippen LogP contribution in [0, 0.1) is 0 Å². The summed E-state index contributed by atoms with van der Waals surface area (Å²) in [5.41, 5.74) is 1.11. The fraction of sp³-hybridized carbons (Fsp3) is 0.562. The van der Waals surface area contributed by atoms with Crippen LogP contribution in [-0.2, 0) is 45.2 Å². The highest BCUT2D eigenvalue weighted by atomic mass is 32.2. The molecular formula is C32H55N5O9S. The Labute approximate surface area is 282 Å². The second-order valence-corrected chi connectivity index (χ2v) is 13.4. The molecule has 0 fully saturated rings. The van der Waals surface area contributed by atoms with Gasteiger partial charge in [-0.05, 0) is 43.9 Å². The third-order valence-electron chi connectivity index (χ3n) is 6.47. The summed E-state index contributed by atoms with van der Waals surface area (Å²) in [6.45, 7) is 8.00. The molecule has 1 aliphatic rings. The number of anilines is 1. The Bertz CT molecular complexity index is 1350. The second kappa shape index (κ2) is 21.5. The molecule has 15 heteroatoms. The Kier molecular flexibility index (Phi) is 18.7. The first kappa shape index (κ1) is 40.8. The molecule has 0 saturated carbocycles. The zero-order valence-corrected chi connectivity index (χ0v) is 28.8. The molecule has 0 aliphatic carbocycles. The van der Waals surface area contributed by atoms with Crippen molar-refractivity contribution in [1.29, 1.82) is 0 Å². The molecule has 3 N–H and O–H groups in total. The number of ether oxygens (including phenoxy) is 1. The average molecular weight is 686 g/mol. The summed E-state index contributed by atoms with van der Waals surface area (Å²) in [6, 6.07) is 5.65. The van der Waals surface area contributed by atoms with Crippen molar-refractivity contribution in [1.82, 2.24) is 20.4 Å². The van der Waals surface area contributed by atoms with Gasteiger partial charge < -0.3 is 25.6 Å². The van der Waals surface area contributed by atoms with E-state index in [9.17, 15) is 37.2 Å². The normalized spacial score (nSPS) is 12.9. The van der Waals surface area contributed by atoms with Gasteiger partial charge in [0.05, 0.1) is 12.3 Å². The van der Waals surface area contributed by atoms with E-state index in [4.69, 9.17) is 4.74 Å². The molecule has 1 aromatic rings. The van der Waals surface area contributed by atoms with Crippen LogP contribution >= 0.6 is 0 Å². The number of nitrogens with zero attached hydrogens (tertiary/aromatic N) is 2. The van der Waals surface area contributed by atoms with Gasteiger partial charge in [0.1, 0.15) is 22.5 Å².